The molecule has 0 saturated heterocycles. The highest BCUT2D eigenvalue weighted by molar-refractivity contribution is 7.92. The lowest BCUT2D eigenvalue weighted by Gasteiger charge is -2.09. The normalized spacial score (nSPS) is 11.7. The third-order valence-corrected chi connectivity index (χ3v) is 7.22. The highest BCUT2D eigenvalue weighted by atomic mass is 32.2. The number of rotatable bonds is 6. The van der Waals surface area contributed by atoms with E-state index in [4.69, 9.17) is 0 Å². The molecule has 4 rings (SSSR count). The van der Waals surface area contributed by atoms with Crippen molar-refractivity contribution in [1.82, 2.24) is 9.97 Å². The Morgan fingerprint density at radius 3 is 2.45 bits per heavy atom. The van der Waals surface area contributed by atoms with Crippen LogP contribution in [0, 0.1) is 0 Å². The van der Waals surface area contributed by atoms with Crippen LogP contribution in [-0.2, 0) is 21.1 Å². The van der Waals surface area contributed by atoms with Gasteiger partial charge in [0.25, 0.3) is 0 Å². The standard InChI is InChI=1S/C24H23N3O3S/c1-16(2)31(29,30)20-12-10-17(11-13-20)14-23(28)25-19-7-5-6-18(15-19)24-26-21-8-3-4-9-22(21)27-24/h3-13,15-16H,14H2,1-2H3,(H,25,28)(H,26,27). The molecular formula is C24H23N3O3S. The van der Waals surface area contributed by atoms with Crippen LogP contribution in [0.5, 0.6) is 0 Å². The molecule has 158 valence electrons. The summed E-state index contributed by atoms with van der Waals surface area (Å²) in [7, 11) is -3.32. The minimum absolute atomic E-state index is 0.150. The second kappa shape index (κ2) is 8.35. The van der Waals surface area contributed by atoms with Gasteiger partial charge in [-0.2, -0.15) is 0 Å². The number of carbonyl (C=O) groups excluding carboxylic acids is 1. The van der Waals surface area contributed by atoms with E-state index in [0.717, 1.165) is 28.0 Å². The van der Waals surface area contributed by atoms with E-state index in [1.807, 2.05) is 48.5 Å². The summed E-state index contributed by atoms with van der Waals surface area (Å²) in [5, 5.41) is 2.41. The van der Waals surface area contributed by atoms with E-state index in [-0.39, 0.29) is 17.2 Å². The number of nitrogens with one attached hydrogen (secondary N) is 2. The maximum absolute atomic E-state index is 12.5. The summed E-state index contributed by atoms with van der Waals surface area (Å²) in [6.45, 7) is 3.30. The first-order chi connectivity index (χ1) is 14.8. The summed E-state index contributed by atoms with van der Waals surface area (Å²) < 4.78 is 24.5. The Bertz CT molecular complexity index is 1310. The average molecular weight is 434 g/mol. The number of para-hydroxylation sites is 2. The predicted molar refractivity (Wildman–Crippen MR) is 123 cm³/mol. The fraction of sp³-hybridized carbons (Fsp3) is 0.167. The summed E-state index contributed by atoms with van der Waals surface area (Å²) in [4.78, 5) is 20.7. The molecular weight excluding hydrogens is 410 g/mol. The van der Waals surface area contributed by atoms with Gasteiger partial charge in [-0.25, -0.2) is 13.4 Å². The van der Waals surface area contributed by atoms with E-state index in [9.17, 15) is 13.2 Å². The first-order valence-corrected chi connectivity index (χ1v) is 11.6. The van der Waals surface area contributed by atoms with Gasteiger partial charge in [0.1, 0.15) is 5.82 Å². The zero-order valence-electron chi connectivity index (χ0n) is 17.3. The van der Waals surface area contributed by atoms with Crippen molar-refractivity contribution in [2.24, 2.45) is 0 Å². The summed E-state index contributed by atoms with van der Waals surface area (Å²) in [5.74, 6) is 0.556. The van der Waals surface area contributed by atoms with Crippen LogP contribution >= 0.6 is 0 Å². The number of nitrogens with zero attached hydrogens (tertiary/aromatic N) is 1. The van der Waals surface area contributed by atoms with Gasteiger partial charge in [0, 0.05) is 11.3 Å². The first-order valence-electron chi connectivity index (χ1n) is 10.0. The van der Waals surface area contributed by atoms with Crippen molar-refractivity contribution in [3.05, 3.63) is 78.4 Å². The molecule has 1 aromatic heterocycles. The molecule has 2 N–H and O–H groups in total. The van der Waals surface area contributed by atoms with Crippen molar-refractivity contribution in [3.63, 3.8) is 0 Å². The lowest BCUT2D eigenvalue weighted by Crippen LogP contribution is -2.15. The number of carbonyl (C=O) groups is 1. The zero-order valence-corrected chi connectivity index (χ0v) is 18.1. The maximum atomic E-state index is 12.5. The minimum Gasteiger partial charge on any atom is -0.338 e. The van der Waals surface area contributed by atoms with Crippen LogP contribution in [0.25, 0.3) is 22.4 Å². The number of hydrogen-bond acceptors (Lipinski definition) is 4. The van der Waals surface area contributed by atoms with Crippen LogP contribution in [0.3, 0.4) is 0 Å². The fourth-order valence-corrected chi connectivity index (χ4v) is 4.35. The van der Waals surface area contributed by atoms with Gasteiger partial charge in [-0.1, -0.05) is 36.4 Å². The van der Waals surface area contributed by atoms with E-state index in [0.29, 0.717) is 5.69 Å². The van der Waals surface area contributed by atoms with Gasteiger partial charge in [0.2, 0.25) is 5.91 Å². The Balaban J connectivity index is 1.46. The Labute approximate surface area is 181 Å². The molecule has 0 spiro atoms. The lowest BCUT2D eigenvalue weighted by atomic mass is 10.1. The lowest BCUT2D eigenvalue weighted by molar-refractivity contribution is -0.115. The number of benzene rings is 3. The van der Waals surface area contributed by atoms with E-state index in [2.05, 4.69) is 15.3 Å². The van der Waals surface area contributed by atoms with Crippen LogP contribution < -0.4 is 5.32 Å². The Morgan fingerprint density at radius 2 is 1.74 bits per heavy atom. The molecule has 1 heterocycles. The molecule has 0 aliphatic carbocycles. The molecule has 0 aliphatic heterocycles. The predicted octanol–water partition coefficient (Wildman–Crippen LogP) is 4.59. The molecule has 0 radical (unpaired) electrons. The van der Waals surface area contributed by atoms with E-state index < -0.39 is 15.1 Å². The highest BCUT2D eigenvalue weighted by Crippen LogP contribution is 2.23. The van der Waals surface area contributed by atoms with Gasteiger partial charge in [-0.3, -0.25) is 4.79 Å². The average Bonchev–Trinajstić information content (AvgIpc) is 3.18. The molecule has 6 nitrogen and oxygen atoms in total. The molecule has 0 unspecified atom stereocenters. The Hall–Kier alpha value is -3.45. The van der Waals surface area contributed by atoms with Crippen molar-refractivity contribution in [2.75, 3.05) is 5.32 Å². The van der Waals surface area contributed by atoms with Crippen LogP contribution in [0.2, 0.25) is 0 Å². The topological polar surface area (TPSA) is 91.9 Å². The summed E-state index contributed by atoms with van der Waals surface area (Å²) in [5.41, 5.74) is 4.12. The number of anilines is 1. The SMILES string of the molecule is CC(C)S(=O)(=O)c1ccc(CC(=O)Nc2cccc(-c3nc4ccccc4[nH]3)c2)cc1. The second-order valence-corrected chi connectivity index (χ2v) is 10.2. The van der Waals surface area contributed by atoms with Crippen LogP contribution in [0.4, 0.5) is 5.69 Å². The third kappa shape index (κ3) is 4.51. The quantitative estimate of drug-likeness (QED) is 0.465. The number of fused-ring (bicyclic) bond motifs is 1. The highest BCUT2D eigenvalue weighted by Gasteiger charge is 2.19. The minimum atomic E-state index is -3.32. The molecule has 0 fully saturated rings. The monoisotopic (exact) mass is 433 g/mol. The van der Waals surface area contributed by atoms with Crippen molar-refractivity contribution < 1.29 is 13.2 Å². The van der Waals surface area contributed by atoms with Gasteiger partial charge in [-0.05, 0) is 55.8 Å². The van der Waals surface area contributed by atoms with Gasteiger partial charge >= 0.3 is 0 Å². The zero-order chi connectivity index (χ0) is 22.0. The molecule has 1 amide bonds. The van der Waals surface area contributed by atoms with Crippen LogP contribution in [0.15, 0.2) is 77.7 Å². The largest absolute Gasteiger partial charge is 0.338 e. The molecule has 0 saturated carbocycles. The molecule has 3 aromatic carbocycles. The van der Waals surface area contributed by atoms with Crippen molar-refractivity contribution in [2.45, 2.75) is 30.4 Å². The summed E-state index contributed by atoms with van der Waals surface area (Å²) >= 11 is 0. The second-order valence-electron chi connectivity index (χ2n) is 7.65. The van der Waals surface area contributed by atoms with Crippen molar-refractivity contribution in [1.29, 1.82) is 0 Å². The van der Waals surface area contributed by atoms with Gasteiger partial charge < -0.3 is 10.3 Å². The number of amides is 1. The Morgan fingerprint density at radius 1 is 1.00 bits per heavy atom. The number of hydrogen-bond donors (Lipinski definition) is 2. The third-order valence-electron chi connectivity index (χ3n) is 5.05. The summed E-state index contributed by atoms with van der Waals surface area (Å²) in [6, 6.07) is 21.8. The maximum Gasteiger partial charge on any atom is 0.228 e. The molecule has 0 bridgehead atoms. The molecule has 0 atom stereocenters. The van der Waals surface area contributed by atoms with Crippen LogP contribution in [-0.4, -0.2) is 29.5 Å². The molecule has 4 aromatic rings. The number of sulfone groups is 1. The Kier molecular flexibility index (Phi) is 5.61. The first kappa shape index (κ1) is 20.8. The molecule has 7 heteroatoms. The van der Waals surface area contributed by atoms with Crippen LogP contribution in [0.1, 0.15) is 19.4 Å². The fourth-order valence-electron chi connectivity index (χ4n) is 3.29. The van der Waals surface area contributed by atoms with Gasteiger partial charge in [0.15, 0.2) is 9.84 Å². The van der Waals surface area contributed by atoms with E-state index in [1.165, 1.54) is 0 Å². The summed E-state index contributed by atoms with van der Waals surface area (Å²) in [6.07, 6.45) is 0.150. The van der Waals surface area contributed by atoms with Gasteiger partial charge in [-0.15, -0.1) is 0 Å². The van der Waals surface area contributed by atoms with Crippen molar-refractivity contribution >= 4 is 32.5 Å². The number of aromatic amines is 1. The van der Waals surface area contributed by atoms with E-state index >= 15 is 0 Å². The number of aromatic nitrogens is 2. The van der Waals surface area contributed by atoms with Gasteiger partial charge in [0.05, 0.1) is 27.6 Å². The van der Waals surface area contributed by atoms with E-state index in [1.54, 1.807) is 38.1 Å². The number of imidazole rings is 1. The molecule has 31 heavy (non-hydrogen) atoms. The van der Waals surface area contributed by atoms with Crippen molar-refractivity contribution in [3.8, 4) is 11.4 Å². The number of H-pyrrole nitrogens is 1. The smallest absolute Gasteiger partial charge is 0.228 e. The molecule has 0 aliphatic rings.